The molecule has 0 saturated carbocycles. The highest BCUT2D eigenvalue weighted by molar-refractivity contribution is 4.75. The summed E-state index contributed by atoms with van der Waals surface area (Å²) in [6.07, 6.45) is 2.86. The monoisotopic (exact) mass is 286 g/mol. The van der Waals surface area contributed by atoms with E-state index in [9.17, 15) is 0 Å². The third kappa shape index (κ3) is 7.14. The molecule has 1 N–H and O–H groups in total. The maximum absolute atomic E-state index is 5.59. The van der Waals surface area contributed by atoms with Gasteiger partial charge in [0.25, 0.3) is 0 Å². The van der Waals surface area contributed by atoms with Crippen LogP contribution in [0.1, 0.15) is 20.8 Å². The summed E-state index contributed by atoms with van der Waals surface area (Å²) in [5.41, 5.74) is -0.372. The van der Waals surface area contributed by atoms with Crippen LogP contribution in [-0.2, 0) is 19.3 Å². The van der Waals surface area contributed by atoms with Crippen molar-refractivity contribution in [1.82, 2.24) is 10.4 Å². The minimum Gasteiger partial charge on any atom is -0.358 e. The third-order valence-electron chi connectivity index (χ3n) is 2.32. The Bertz CT molecular complexity index is 284. The zero-order valence-corrected chi connectivity index (χ0v) is 12.6. The van der Waals surface area contributed by atoms with Gasteiger partial charge in [-0.15, -0.1) is 13.2 Å². The lowest BCUT2D eigenvalue weighted by Crippen LogP contribution is -2.58. The summed E-state index contributed by atoms with van der Waals surface area (Å²) in [6, 6.07) is 0. The number of ether oxygens (including phenoxy) is 1. The van der Waals surface area contributed by atoms with Gasteiger partial charge in [0.05, 0.1) is 31.9 Å². The Balaban J connectivity index is 2.49. The lowest BCUT2D eigenvalue weighted by molar-refractivity contribution is -0.394. The average molecular weight is 286 g/mol. The van der Waals surface area contributed by atoms with Gasteiger partial charge in [-0.25, -0.2) is 9.78 Å². The number of nitrogens with one attached hydrogen (secondary N) is 1. The number of hydrogen-bond acceptors (Lipinski definition) is 6. The second kappa shape index (κ2) is 8.51. The lowest BCUT2D eigenvalue weighted by atomic mass is 10.2. The fraction of sp³-hybridized carbons (Fsp3) is 0.714. The molecule has 1 saturated heterocycles. The van der Waals surface area contributed by atoms with Crippen molar-refractivity contribution in [3.63, 3.8) is 0 Å². The molecule has 0 bridgehead atoms. The standard InChI is InChI=1S/C14H26N2O4/c1-6-8-17-12-10-16(18-9-7-2)11-13(15-12)19-20-14(3,4)5/h6-7,12-13,15H,1-2,8-11H2,3-5H3. The van der Waals surface area contributed by atoms with Crippen LogP contribution >= 0.6 is 0 Å². The van der Waals surface area contributed by atoms with E-state index < -0.39 is 0 Å². The van der Waals surface area contributed by atoms with Crippen LogP contribution in [0.5, 0.6) is 0 Å². The van der Waals surface area contributed by atoms with Crippen molar-refractivity contribution in [2.75, 3.05) is 26.3 Å². The summed E-state index contributed by atoms with van der Waals surface area (Å²) in [6.45, 7) is 15.1. The van der Waals surface area contributed by atoms with Gasteiger partial charge in [0, 0.05) is 0 Å². The molecule has 20 heavy (non-hydrogen) atoms. The summed E-state index contributed by atoms with van der Waals surface area (Å²) in [5.74, 6) is 0. The smallest absolute Gasteiger partial charge is 0.160 e. The predicted octanol–water partition coefficient (Wildman–Crippen LogP) is 1.61. The van der Waals surface area contributed by atoms with E-state index in [0.717, 1.165) is 0 Å². The van der Waals surface area contributed by atoms with Crippen LogP contribution in [0.3, 0.4) is 0 Å². The summed E-state index contributed by atoms with van der Waals surface area (Å²) >= 11 is 0. The molecular formula is C14H26N2O4. The summed E-state index contributed by atoms with van der Waals surface area (Å²) in [7, 11) is 0. The Hall–Kier alpha value is -0.760. The van der Waals surface area contributed by atoms with Gasteiger partial charge in [-0.3, -0.25) is 10.2 Å². The first-order valence-electron chi connectivity index (χ1n) is 6.76. The first-order chi connectivity index (χ1) is 9.44. The molecule has 116 valence electrons. The molecule has 1 aliphatic heterocycles. The van der Waals surface area contributed by atoms with Crippen LogP contribution in [0.25, 0.3) is 0 Å². The molecule has 6 heteroatoms. The first-order valence-corrected chi connectivity index (χ1v) is 6.76. The molecule has 0 amide bonds. The van der Waals surface area contributed by atoms with Gasteiger partial charge < -0.3 is 4.74 Å². The van der Waals surface area contributed by atoms with E-state index in [-0.39, 0.29) is 18.1 Å². The molecule has 6 nitrogen and oxygen atoms in total. The quantitative estimate of drug-likeness (QED) is 0.416. The van der Waals surface area contributed by atoms with Crippen molar-refractivity contribution in [2.24, 2.45) is 0 Å². The van der Waals surface area contributed by atoms with E-state index in [0.29, 0.717) is 26.3 Å². The Kier molecular flexibility index (Phi) is 7.36. The Labute approximate surface area is 121 Å². The van der Waals surface area contributed by atoms with Crippen molar-refractivity contribution in [1.29, 1.82) is 0 Å². The molecule has 2 unspecified atom stereocenters. The maximum atomic E-state index is 5.59. The third-order valence-corrected chi connectivity index (χ3v) is 2.32. The van der Waals surface area contributed by atoms with Crippen LogP contribution in [0.15, 0.2) is 25.3 Å². The van der Waals surface area contributed by atoms with Gasteiger partial charge in [-0.2, -0.15) is 5.06 Å². The first kappa shape index (κ1) is 17.3. The van der Waals surface area contributed by atoms with Crippen molar-refractivity contribution in [3.05, 3.63) is 25.3 Å². The van der Waals surface area contributed by atoms with Gasteiger partial charge in [0.2, 0.25) is 0 Å². The van der Waals surface area contributed by atoms with Crippen LogP contribution in [-0.4, -0.2) is 49.4 Å². The second-order valence-electron chi connectivity index (χ2n) is 5.49. The van der Waals surface area contributed by atoms with Crippen LogP contribution in [0, 0.1) is 0 Å². The highest BCUT2D eigenvalue weighted by Crippen LogP contribution is 2.13. The molecule has 1 rings (SSSR count). The van der Waals surface area contributed by atoms with Gasteiger partial charge >= 0.3 is 0 Å². The largest absolute Gasteiger partial charge is 0.358 e. The highest BCUT2D eigenvalue weighted by Gasteiger charge is 2.29. The summed E-state index contributed by atoms with van der Waals surface area (Å²) in [4.78, 5) is 16.3. The number of piperazine rings is 1. The molecule has 1 heterocycles. The Morgan fingerprint density at radius 2 is 1.80 bits per heavy atom. The fourth-order valence-electron chi connectivity index (χ4n) is 1.57. The topological polar surface area (TPSA) is 52.2 Å². The Morgan fingerprint density at radius 3 is 2.40 bits per heavy atom. The van der Waals surface area contributed by atoms with Gasteiger partial charge in [0.1, 0.15) is 6.23 Å². The van der Waals surface area contributed by atoms with Crippen molar-refractivity contribution in [3.8, 4) is 0 Å². The second-order valence-corrected chi connectivity index (χ2v) is 5.49. The average Bonchev–Trinajstić information content (AvgIpc) is 2.40. The molecule has 2 atom stereocenters. The van der Waals surface area contributed by atoms with Crippen molar-refractivity contribution >= 4 is 0 Å². The zero-order chi connectivity index (χ0) is 15.0. The predicted molar refractivity (Wildman–Crippen MR) is 76.5 cm³/mol. The molecule has 0 aromatic carbocycles. The molecule has 1 aliphatic rings. The van der Waals surface area contributed by atoms with E-state index in [1.165, 1.54) is 0 Å². The van der Waals surface area contributed by atoms with Gasteiger partial charge in [-0.05, 0) is 20.8 Å². The molecule has 0 radical (unpaired) electrons. The number of nitrogens with zero attached hydrogens (tertiary/aromatic N) is 1. The van der Waals surface area contributed by atoms with E-state index in [4.69, 9.17) is 19.3 Å². The number of hydroxylamine groups is 2. The molecule has 0 aromatic heterocycles. The summed E-state index contributed by atoms with van der Waals surface area (Å²) in [5, 5.41) is 4.98. The zero-order valence-electron chi connectivity index (χ0n) is 12.6. The van der Waals surface area contributed by atoms with E-state index in [1.807, 2.05) is 20.8 Å². The molecule has 0 aliphatic carbocycles. The molecule has 1 fully saturated rings. The van der Waals surface area contributed by atoms with E-state index in [2.05, 4.69) is 18.5 Å². The molecular weight excluding hydrogens is 260 g/mol. The van der Waals surface area contributed by atoms with Gasteiger partial charge in [-0.1, -0.05) is 12.2 Å². The minimum absolute atomic E-state index is 0.208. The van der Waals surface area contributed by atoms with Crippen LogP contribution in [0.2, 0.25) is 0 Å². The van der Waals surface area contributed by atoms with Crippen molar-refractivity contribution < 1.29 is 19.3 Å². The SMILES string of the molecule is C=CCOC1CN(OCC=C)CC(OOC(C)(C)C)N1. The number of hydrogen-bond donors (Lipinski definition) is 1. The van der Waals surface area contributed by atoms with Gasteiger partial charge in [0.15, 0.2) is 6.23 Å². The van der Waals surface area contributed by atoms with Crippen LogP contribution in [0.4, 0.5) is 0 Å². The molecule has 0 spiro atoms. The van der Waals surface area contributed by atoms with E-state index >= 15 is 0 Å². The lowest BCUT2D eigenvalue weighted by Gasteiger charge is -2.37. The maximum Gasteiger partial charge on any atom is 0.160 e. The highest BCUT2D eigenvalue weighted by atomic mass is 17.2. The summed E-state index contributed by atoms with van der Waals surface area (Å²) < 4.78 is 5.59. The Morgan fingerprint density at radius 1 is 1.15 bits per heavy atom. The van der Waals surface area contributed by atoms with Crippen molar-refractivity contribution in [2.45, 2.75) is 38.8 Å². The van der Waals surface area contributed by atoms with Crippen LogP contribution < -0.4 is 5.32 Å². The number of rotatable bonds is 8. The minimum atomic E-state index is -0.372. The fourth-order valence-corrected chi connectivity index (χ4v) is 1.57. The normalized spacial score (nSPS) is 24.6. The molecule has 0 aromatic rings. The van der Waals surface area contributed by atoms with E-state index in [1.54, 1.807) is 17.2 Å².